The van der Waals surface area contributed by atoms with Gasteiger partial charge in [-0.3, -0.25) is 0 Å². The molecular weight excluding hydrogens is 258 g/mol. The molecule has 0 unspecified atom stereocenters. The Kier molecular flexibility index (Phi) is 4.28. The summed E-state index contributed by atoms with van der Waals surface area (Å²) in [7, 11) is 1.43. The molecule has 0 aromatic heterocycles. The molecule has 0 amide bonds. The molecular formula is C9H9BrF2O2. The van der Waals surface area contributed by atoms with Crippen molar-refractivity contribution in [3.63, 3.8) is 0 Å². The first kappa shape index (κ1) is 11.4. The standard InChI is InChI=1S/C9H9BrF2O2/c1-13-5-14-8-3-2-6(10)4-7(8)9(11)12/h2-4,9H,5H2,1H3. The van der Waals surface area contributed by atoms with Crippen LogP contribution >= 0.6 is 15.9 Å². The smallest absolute Gasteiger partial charge is 0.267 e. The normalized spacial score (nSPS) is 10.6. The molecule has 5 heteroatoms. The van der Waals surface area contributed by atoms with Gasteiger partial charge in [0.25, 0.3) is 6.43 Å². The summed E-state index contributed by atoms with van der Waals surface area (Å²) in [5.74, 6) is 0.144. The largest absolute Gasteiger partial charge is 0.467 e. The van der Waals surface area contributed by atoms with Crippen LogP contribution in [0.25, 0.3) is 0 Å². The fraction of sp³-hybridized carbons (Fsp3) is 0.333. The summed E-state index contributed by atoms with van der Waals surface area (Å²) in [5.41, 5.74) is -0.142. The molecule has 0 N–H and O–H groups in total. The maximum absolute atomic E-state index is 12.5. The van der Waals surface area contributed by atoms with Gasteiger partial charge < -0.3 is 9.47 Å². The van der Waals surface area contributed by atoms with Crippen molar-refractivity contribution in [1.82, 2.24) is 0 Å². The number of ether oxygens (including phenoxy) is 2. The molecule has 78 valence electrons. The van der Waals surface area contributed by atoms with E-state index in [1.54, 1.807) is 6.07 Å². The fourth-order valence-corrected chi connectivity index (χ4v) is 1.32. The lowest BCUT2D eigenvalue weighted by molar-refractivity contribution is 0.0467. The third kappa shape index (κ3) is 2.92. The van der Waals surface area contributed by atoms with Crippen molar-refractivity contribution < 1.29 is 18.3 Å². The highest BCUT2D eigenvalue weighted by molar-refractivity contribution is 9.10. The Morgan fingerprint density at radius 3 is 2.71 bits per heavy atom. The Labute approximate surface area is 89.0 Å². The van der Waals surface area contributed by atoms with Crippen LogP contribution in [0.4, 0.5) is 8.78 Å². The van der Waals surface area contributed by atoms with Gasteiger partial charge in [0, 0.05) is 11.6 Å². The molecule has 1 aromatic carbocycles. The Morgan fingerprint density at radius 1 is 1.43 bits per heavy atom. The van der Waals surface area contributed by atoms with Gasteiger partial charge in [-0.15, -0.1) is 0 Å². The maximum Gasteiger partial charge on any atom is 0.267 e. The molecule has 0 heterocycles. The second-order valence-corrected chi connectivity index (χ2v) is 3.45. The van der Waals surface area contributed by atoms with Gasteiger partial charge in [-0.2, -0.15) is 0 Å². The summed E-state index contributed by atoms with van der Waals surface area (Å²) in [5, 5.41) is 0. The van der Waals surface area contributed by atoms with Crippen LogP contribution in [-0.2, 0) is 4.74 Å². The van der Waals surface area contributed by atoms with Crippen molar-refractivity contribution in [1.29, 1.82) is 0 Å². The highest BCUT2D eigenvalue weighted by Gasteiger charge is 2.14. The van der Waals surface area contributed by atoms with Crippen LogP contribution in [0.2, 0.25) is 0 Å². The lowest BCUT2D eigenvalue weighted by atomic mass is 10.2. The minimum Gasteiger partial charge on any atom is -0.467 e. The third-order valence-electron chi connectivity index (χ3n) is 1.54. The maximum atomic E-state index is 12.5. The second-order valence-electron chi connectivity index (χ2n) is 2.53. The molecule has 0 saturated carbocycles. The second kappa shape index (κ2) is 5.26. The van der Waals surface area contributed by atoms with E-state index >= 15 is 0 Å². The zero-order chi connectivity index (χ0) is 10.6. The van der Waals surface area contributed by atoms with Gasteiger partial charge >= 0.3 is 0 Å². The Balaban J connectivity index is 2.90. The van der Waals surface area contributed by atoms with E-state index in [9.17, 15) is 8.78 Å². The van der Waals surface area contributed by atoms with Crippen molar-refractivity contribution in [2.45, 2.75) is 6.43 Å². The summed E-state index contributed by atoms with van der Waals surface area (Å²) >= 11 is 3.11. The fourth-order valence-electron chi connectivity index (χ4n) is 0.944. The molecule has 0 fully saturated rings. The summed E-state index contributed by atoms with van der Waals surface area (Å²) in [6.45, 7) is -0.0403. The average Bonchev–Trinajstić information content (AvgIpc) is 2.15. The van der Waals surface area contributed by atoms with Crippen LogP contribution < -0.4 is 4.74 Å². The number of benzene rings is 1. The molecule has 0 aliphatic heterocycles. The van der Waals surface area contributed by atoms with E-state index in [0.717, 1.165) is 0 Å². The van der Waals surface area contributed by atoms with Crippen LogP contribution in [-0.4, -0.2) is 13.9 Å². The molecule has 0 bridgehead atoms. The van der Waals surface area contributed by atoms with E-state index in [0.29, 0.717) is 4.47 Å². The zero-order valence-corrected chi connectivity index (χ0v) is 9.05. The van der Waals surface area contributed by atoms with Gasteiger partial charge in [0.15, 0.2) is 6.79 Å². The van der Waals surface area contributed by atoms with Crippen LogP contribution in [0.5, 0.6) is 5.75 Å². The molecule has 1 rings (SSSR count). The first-order valence-corrected chi connectivity index (χ1v) is 4.63. The molecule has 0 aliphatic carbocycles. The predicted octanol–water partition coefficient (Wildman–Crippen LogP) is 3.37. The number of methoxy groups -OCH3 is 1. The van der Waals surface area contributed by atoms with Crippen molar-refractivity contribution in [2.75, 3.05) is 13.9 Å². The van der Waals surface area contributed by atoms with E-state index in [2.05, 4.69) is 20.7 Å². The van der Waals surface area contributed by atoms with Crippen molar-refractivity contribution in [3.8, 4) is 5.75 Å². The number of hydrogen-bond donors (Lipinski definition) is 0. The van der Waals surface area contributed by atoms with Gasteiger partial charge in [-0.1, -0.05) is 15.9 Å². The van der Waals surface area contributed by atoms with Crippen molar-refractivity contribution >= 4 is 15.9 Å². The predicted molar refractivity (Wildman–Crippen MR) is 51.6 cm³/mol. The topological polar surface area (TPSA) is 18.5 Å². The minimum absolute atomic E-state index is 0.0403. The van der Waals surface area contributed by atoms with Gasteiger partial charge in [-0.25, -0.2) is 8.78 Å². The van der Waals surface area contributed by atoms with Gasteiger partial charge in [-0.05, 0) is 18.2 Å². The number of hydrogen-bond acceptors (Lipinski definition) is 2. The van der Waals surface area contributed by atoms with Gasteiger partial charge in [0.05, 0.1) is 5.56 Å². The van der Waals surface area contributed by atoms with Crippen molar-refractivity contribution in [2.24, 2.45) is 0 Å². The summed E-state index contributed by atoms with van der Waals surface area (Å²) in [4.78, 5) is 0. The third-order valence-corrected chi connectivity index (χ3v) is 2.03. The summed E-state index contributed by atoms with van der Waals surface area (Å²) in [6, 6.07) is 4.44. The van der Waals surface area contributed by atoms with Crippen LogP contribution in [0.15, 0.2) is 22.7 Å². The highest BCUT2D eigenvalue weighted by Crippen LogP contribution is 2.31. The van der Waals surface area contributed by atoms with Crippen LogP contribution in [0, 0.1) is 0 Å². The van der Waals surface area contributed by atoms with E-state index in [1.165, 1.54) is 19.2 Å². The summed E-state index contributed by atoms with van der Waals surface area (Å²) in [6.07, 6.45) is -2.56. The molecule has 2 nitrogen and oxygen atoms in total. The molecule has 0 radical (unpaired) electrons. The Bertz CT molecular complexity index is 305. The highest BCUT2D eigenvalue weighted by atomic mass is 79.9. The number of alkyl halides is 2. The first-order valence-electron chi connectivity index (χ1n) is 3.84. The van der Waals surface area contributed by atoms with Crippen molar-refractivity contribution in [3.05, 3.63) is 28.2 Å². The van der Waals surface area contributed by atoms with E-state index < -0.39 is 6.43 Å². The lowest BCUT2D eigenvalue weighted by Gasteiger charge is -2.10. The molecule has 0 aliphatic rings. The van der Waals surface area contributed by atoms with Gasteiger partial charge in [0.1, 0.15) is 5.75 Å². The molecule has 0 saturated heterocycles. The first-order chi connectivity index (χ1) is 6.65. The quantitative estimate of drug-likeness (QED) is 0.778. The number of rotatable bonds is 4. The molecule has 14 heavy (non-hydrogen) atoms. The molecule has 1 aromatic rings. The van der Waals surface area contributed by atoms with Gasteiger partial charge in [0.2, 0.25) is 0 Å². The van der Waals surface area contributed by atoms with Crippen LogP contribution in [0.1, 0.15) is 12.0 Å². The van der Waals surface area contributed by atoms with Crippen LogP contribution in [0.3, 0.4) is 0 Å². The van der Waals surface area contributed by atoms with E-state index in [4.69, 9.17) is 4.74 Å². The Hall–Kier alpha value is -0.680. The average molecular weight is 267 g/mol. The zero-order valence-electron chi connectivity index (χ0n) is 7.47. The molecule has 0 atom stereocenters. The lowest BCUT2D eigenvalue weighted by Crippen LogP contribution is -2.01. The van der Waals surface area contributed by atoms with E-state index in [1.807, 2.05) is 0 Å². The summed E-state index contributed by atoms with van der Waals surface area (Å²) < 4.78 is 35.2. The Morgan fingerprint density at radius 2 is 2.14 bits per heavy atom. The SMILES string of the molecule is COCOc1ccc(Br)cc1C(F)F. The molecule has 0 spiro atoms. The van der Waals surface area contributed by atoms with E-state index in [-0.39, 0.29) is 18.1 Å². The monoisotopic (exact) mass is 266 g/mol. The minimum atomic E-state index is -2.56. The number of halogens is 3.